The van der Waals surface area contributed by atoms with Crippen LogP contribution in [0.15, 0.2) is 11.9 Å². The molecule has 0 radical (unpaired) electrons. The number of piperidine rings is 1. The van der Waals surface area contributed by atoms with Gasteiger partial charge in [-0.25, -0.2) is 8.78 Å². The van der Waals surface area contributed by atoms with E-state index in [1.165, 1.54) is 0 Å². The van der Waals surface area contributed by atoms with Crippen LogP contribution >= 0.6 is 0 Å². The second-order valence-electron chi connectivity index (χ2n) is 6.19. The van der Waals surface area contributed by atoms with Gasteiger partial charge in [-0.1, -0.05) is 13.8 Å². The number of alkyl halides is 2. The Morgan fingerprint density at radius 1 is 1.30 bits per heavy atom. The second kappa shape index (κ2) is 6.72. The summed E-state index contributed by atoms with van der Waals surface area (Å²) in [6.07, 6.45) is 4.01. The summed E-state index contributed by atoms with van der Waals surface area (Å²) in [6, 6.07) is 0.529. The fourth-order valence-corrected chi connectivity index (χ4v) is 2.70. The Labute approximate surface area is 120 Å². The Balaban J connectivity index is 0.00000200. The van der Waals surface area contributed by atoms with Crippen LogP contribution in [0.3, 0.4) is 0 Å². The zero-order chi connectivity index (χ0) is 14.0. The average molecular weight is 290 g/mol. The van der Waals surface area contributed by atoms with Gasteiger partial charge in [0.05, 0.1) is 0 Å². The zero-order valence-electron chi connectivity index (χ0n) is 12.5. The van der Waals surface area contributed by atoms with Gasteiger partial charge in [0, 0.05) is 49.9 Å². The summed E-state index contributed by atoms with van der Waals surface area (Å²) in [5.41, 5.74) is 6.74. The molecule has 0 bridgehead atoms. The van der Waals surface area contributed by atoms with Crippen molar-refractivity contribution in [2.45, 2.75) is 57.5 Å². The molecule has 0 aromatic carbocycles. The minimum atomic E-state index is -2.41. The maximum Gasteiger partial charge on any atom is 0.251 e. The normalized spacial score (nSPS) is 25.1. The lowest BCUT2D eigenvalue weighted by Crippen LogP contribution is -2.54. The summed E-state index contributed by atoms with van der Waals surface area (Å²) in [5.74, 6) is -2.06. The van der Waals surface area contributed by atoms with Gasteiger partial charge in [-0.15, -0.1) is 0 Å². The molecule has 2 fully saturated rings. The maximum atomic E-state index is 12.8. The highest BCUT2D eigenvalue weighted by atomic mass is 19.3. The molecule has 20 heavy (non-hydrogen) atoms. The Hall–Kier alpha value is -0.880. The number of halogens is 2. The smallest absolute Gasteiger partial charge is 0.251 e. The first-order chi connectivity index (χ1) is 8.87. The van der Waals surface area contributed by atoms with Gasteiger partial charge in [-0.05, 0) is 18.8 Å². The standard InChI is InChI=1S/C14H25F2N3.H3N/c1-10(2)13(17)9-18-11-3-5-19(6-4-11)12-7-14(15,16)8-12;/h9-12,18H,3-8,17H2,1-2H3;1H3/b13-9-;. The number of nitrogens with one attached hydrogen (secondary N) is 1. The van der Waals surface area contributed by atoms with E-state index >= 15 is 0 Å². The lowest BCUT2D eigenvalue weighted by molar-refractivity contribution is -0.127. The molecule has 2 rings (SSSR count). The van der Waals surface area contributed by atoms with Gasteiger partial charge in [0.25, 0.3) is 5.92 Å². The third-order valence-corrected chi connectivity index (χ3v) is 4.27. The molecule has 1 saturated heterocycles. The van der Waals surface area contributed by atoms with Crippen LogP contribution in [0.1, 0.15) is 39.5 Å². The lowest BCUT2D eigenvalue weighted by Gasteiger charge is -2.45. The number of allylic oxidation sites excluding steroid dienone is 1. The summed E-state index contributed by atoms with van der Waals surface area (Å²) in [4.78, 5) is 2.21. The quantitative estimate of drug-likeness (QED) is 0.743. The summed E-state index contributed by atoms with van der Waals surface area (Å²) < 4.78 is 25.7. The zero-order valence-corrected chi connectivity index (χ0v) is 12.5. The highest BCUT2D eigenvalue weighted by molar-refractivity contribution is 5.00. The van der Waals surface area contributed by atoms with Crippen molar-refractivity contribution in [3.63, 3.8) is 0 Å². The summed E-state index contributed by atoms with van der Waals surface area (Å²) in [6.45, 7) is 5.95. The first-order valence-electron chi connectivity index (χ1n) is 7.21. The van der Waals surface area contributed by atoms with Crippen LogP contribution in [-0.4, -0.2) is 36.0 Å². The molecule has 6 N–H and O–H groups in total. The molecule has 0 aromatic rings. The lowest BCUT2D eigenvalue weighted by atomic mass is 9.85. The van der Waals surface area contributed by atoms with Crippen LogP contribution in [0.25, 0.3) is 0 Å². The van der Waals surface area contributed by atoms with E-state index in [4.69, 9.17) is 5.73 Å². The van der Waals surface area contributed by atoms with Crippen LogP contribution in [0.4, 0.5) is 8.78 Å². The number of hydrogen-bond acceptors (Lipinski definition) is 4. The van der Waals surface area contributed by atoms with Crippen molar-refractivity contribution in [3.05, 3.63) is 11.9 Å². The predicted molar refractivity (Wildman–Crippen MR) is 77.8 cm³/mol. The number of nitrogens with zero attached hydrogens (tertiary/aromatic N) is 1. The van der Waals surface area contributed by atoms with Crippen LogP contribution in [0.2, 0.25) is 0 Å². The van der Waals surface area contributed by atoms with E-state index in [1.807, 2.05) is 6.20 Å². The molecule has 0 spiro atoms. The molecule has 1 heterocycles. The van der Waals surface area contributed by atoms with E-state index in [1.54, 1.807) is 0 Å². The van der Waals surface area contributed by atoms with Gasteiger partial charge in [0.1, 0.15) is 0 Å². The molecule has 6 heteroatoms. The van der Waals surface area contributed by atoms with Crippen molar-refractivity contribution >= 4 is 0 Å². The fourth-order valence-electron chi connectivity index (χ4n) is 2.70. The van der Waals surface area contributed by atoms with Crippen LogP contribution in [0.5, 0.6) is 0 Å². The summed E-state index contributed by atoms with van der Waals surface area (Å²) >= 11 is 0. The summed E-state index contributed by atoms with van der Waals surface area (Å²) in [5, 5.41) is 3.35. The summed E-state index contributed by atoms with van der Waals surface area (Å²) in [7, 11) is 0. The van der Waals surface area contributed by atoms with Crippen LogP contribution < -0.4 is 17.2 Å². The maximum absolute atomic E-state index is 12.8. The molecule has 2 aliphatic rings. The monoisotopic (exact) mass is 290 g/mol. The van der Waals surface area contributed by atoms with E-state index in [0.717, 1.165) is 31.6 Å². The van der Waals surface area contributed by atoms with Gasteiger partial charge in [-0.3, -0.25) is 4.90 Å². The van der Waals surface area contributed by atoms with Crippen molar-refractivity contribution in [1.29, 1.82) is 0 Å². The number of rotatable bonds is 4. The Morgan fingerprint density at radius 2 is 1.85 bits per heavy atom. The van der Waals surface area contributed by atoms with Crippen LogP contribution in [-0.2, 0) is 0 Å². The van der Waals surface area contributed by atoms with Gasteiger partial charge >= 0.3 is 0 Å². The largest absolute Gasteiger partial charge is 0.401 e. The topological polar surface area (TPSA) is 76.3 Å². The van der Waals surface area contributed by atoms with Crippen molar-refractivity contribution in [2.24, 2.45) is 11.7 Å². The van der Waals surface area contributed by atoms with Gasteiger partial charge in [-0.2, -0.15) is 0 Å². The molecule has 0 unspecified atom stereocenters. The average Bonchev–Trinajstić information content (AvgIpc) is 2.33. The van der Waals surface area contributed by atoms with Gasteiger partial charge in [0.15, 0.2) is 0 Å². The molecule has 0 amide bonds. The van der Waals surface area contributed by atoms with E-state index in [-0.39, 0.29) is 25.0 Å². The van der Waals surface area contributed by atoms with Crippen LogP contribution in [0, 0.1) is 5.92 Å². The molecule has 4 nitrogen and oxygen atoms in total. The predicted octanol–water partition coefficient (Wildman–Crippen LogP) is 2.46. The molecule has 118 valence electrons. The molecule has 1 saturated carbocycles. The number of hydrogen-bond donors (Lipinski definition) is 3. The first-order valence-corrected chi connectivity index (χ1v) is 7.21. The molecule has 1 aliphatic heterocycles. The van der Waals surface area contributed by atoms with Crippen molar-refractivity contribution in [2.75, 3.05) is 13.1 Å². The van der Waals surface area contributed by atoms with Gasteiger partial charge in [0.2, 0.25) is 0 Å². The van der Waals surface area contributed by atoms with E-state index < -0.39 is 5.92 Å². The molecule has 1 aliphatic carbocycles. The van der Waals surface area contributed by atoms with Gasteiger partial charge < -0.3 is 17.2 Å². The highest BCUT2D eigenvalue weighted by Gasteiger charge is 2.48. The van der Waals surface area contributed by atoms with Crippen molar-refractivity contribution in [1.82, 2.24) is 16.4 Å². The Bertz CT molecular complexity index is 328. The highest BCUT2D eigenvalue weighted by Crippen LogP contribution is 2.41. The van der Waals surface area contributed by atoms with E-state index in [9.17, 15) is 8.78 Å². The minimum Gasteiger partial charge on any atom is -0.401 e. The molecule has 0 atom stereocenters. The third-order valence-electron chi connectivity index (χ3n) is 4.27. The first kappa shape index (κ1) is 17.2. The molecule has 0 aromatic heterocycles. The number of nitrogens with two attached hydrogens (primary N) is 1. The Kier molecular flexibility index (Phi) is 5.77. The van der Waals surface area contributed by atoms with Crippen molar-refractivity contribution < 1.29 is 8.78 Å². The SMILES string of the molecule is CC(C)/C(N)=C/NC1CCN(C2CC(F)(F)C2)CC1.N. The van der Waals surface area contributed by atoms with Crippen molar-refractivity contribution in [3.8, 4) is 0 Å². The van der Waals surface area contributed by atoms with E-state index in [0.29, 0.717) is 12.0 Å². The van der Waals surface area contributed by atoms with E-state index in [2.05, 4.69) is 24.1 Å². The fraction of sp³-hybridized carbons (Fsp3) is 0.857. The molecular formula is C14H28F2N4. The Morgan fingerprint density at radius 3 is 2.30 bits per heavy atom. The second-order valence-corrected chi connectivity index (χ2v) is 6.19. The minimum absolute atomic E-state index is 0. The molecular weight excluding hydrogens is 262 g/mol. The number of likely N-dealkylation sites (tertiary alicyclic amines) is 1. The third kappa shape index (κ3) is 4.31.